The van der Waals surface area contributed by atoms with Crippen molar-refractivity contribution in [2.75, 3.05) is 25.0 Å². The molecule has 1 saturated heterocycles. The highest BCUT2D eigenvalue weighted by Gasteiger charge is 2.33. The number of anilines is 1. The van der Waals surface area contributed by atoms with Crippen LogP contribution in [0, 0.1) is 5.92 Å². The van der Waals surface area contributed by atoms with Crippen LogP contribution in [-0.4, -0.2) is 47.8 Å². The summed E-state index contributed by atoms with van der Waals surface area (Å²) >= 11 is 7.42. The van der Waals surface area contributed by atoms with Gasteiger partial charge in [0.15, 0.2) is 11.7 Å². The van der Waals surface area contributed by atoms with Crippen LogP contribution >= 0.6 is 22.9 Å². The van der Waals surface area contributed by atoms with Crippen LogP contribution in [0.5, 0.6) is 0 Å². The lowest BCUT2D eigenvalue weighted by Gasteiger charge is -2.30. The van der Waals surface area contributed by atoms with Gasteiger partial charge in [-0.2, -0.15) is 13.2 Å². The molecular weight excluding hydrogens is 431 g/mol. The Morgan fingerprint density at radius 2 is 1.97 bits per heavy atom. The highest BCUT2D eigenvalue weighted by molar-refractivity contribution is 7.14. The minimum absolute atomic E-state index is 0.150. The number of hydrogen-bond donors (Lipinski definition) is 1. The number of carbonyl (C=O) groups is 2. The van der Waals surface area contributed by atoms with Gasteiger partial charge in [0.25, 0.3) is 0 Å². The minimum atomic E-state index is -4.57. The van der Waals surface area contributed by atoms with Gasteiger partial charge in [-0.1, -0.05) is 29.8 Å². The zero-order valence-electron chi connectivity index (χ0n) is 15.0. The zero-order valence-corrected chi connectivity index (χ0v) is 16.6. The molecule has 3 rings (SSSR count). The molecule has 1 fully saturated rings. The largest absolute Gasteiger partial charge is 0.440 e. The summed E-state index contributed by atoms with van der Waals surface area (Å²) in [6, 6.07) is 7.23. The van der Waals surface area contributed by atoms with Gasteiger partial charge in [0.1, 0.15) is 0 Å². The molecule has 29 heavy (non-hydrogen) atoms. The number of carbonyl (C=O) groups excluding carboxylic acids is 2. The topological polar surface area (TPSA) is 71.5 Å². The Hall–Kier alpha value is -2.33. The number of hydrogen-bond acceptors (Lipinski definition) is 5. The maximum atomic E-state index is 12.5. The zero-order chi connectivity index (χ0) is 21.0. The van der Waals surface area contributed by atoms with Crippen molar-refractivity contribution < 1.29 is 27.5 Å². The van der Waals surface area contributed by atoms with E-state index < -0.39 is 18.9 Å². The fourth-order valence-corrected chi connectivity index (χ4v) is 3.84. The summed E-state index contributed by atoms with van der Waals surface area (Å²) in [6.45, 7) is -1.32. The van der Waals surface area contributed by atoms with E-state index in [0.717, 1.165) is 5.56 Å². The van der Waals surface area contributed by atoms with E-state index in [0.29, 0.717) is 28.7 Å². The van der Waals surface area contributed by atoms with Crippen LogP contribution in [0.25, 0.3) is 11.3 Å². The van der Waals surface area contributed by atoms with E-state index in [9.17, 15) is 22.8 Å². The summed E-state index contributed by atoms with van der Waals surface area (Å²) in [5.41, 5.74) is 1.41. The second kappa shape index (κ2) is 9.00. The number of amides is 2. The Bertz CT molecular complexity index is 882. The van der Waals surface area contributed by atoms with Gasteiger partial charge in [-0.3, -0.25) is 4.79 Å². The van der Waals surface area contributed by atoms with E-state index in [1.54, 1.807) is 11.4 Å². The molecule has 0 atom stereocenters. The molecule has 0 bridgehead atoms. The maximum absolute atomic E-state index is 12.5. The lowest BCUT2D eigenvalue weighted by atomic mass is 9.96. The number of nitrogens with one attached hydrogen (secondary N) is 1. The van der Waals surface area contributed by atoms with Crippen molar-refractivity contribution in [2.24, 2.45) is 5.92 Å². The van der Waals surface area contributed by atoms with Gasteiger partial charge >= 0.3 is 12.3 Å². The average Bonchev–Trinajstić information content (AvgIpc) is 3.14. The summed E-state index contributed by atoms with van der Waals surface area (Å²) in [5.74, 6) is -0.609. The summed E-state index contributed by atoms with van der Waals surface area (Å²) < 4.78 is 40.6. The molecule has 1 aliphatic heterocycles. The molecule has 2 amide bonds. The Kier molecular flexibility index (Phi) is 6.63. The van der Waals surface area contributed by atoms with E-state index in [2.05, 4.69) is 15.0 Å². The Balaban J connectivity index is 1.50. The summed E-state index contributed by atoms with van der Waals surface area (Å²) in [5, 5.41) is 5.52. The van der Waals surface area contributed by atoms with Gasteiger partial charge in [-0.15, -0.1) is 11.3 Å². The lowest BCUT2D eigenvalue weighted by Crippen LogP contribution is -2.42. The highest BCUT2D eigenvalue weighted by atomic mass is 35.5. The number of aromatic nitrogens is 1. The predicted octanol–water partition coefficient (Wildman–Crippen LogP) is 4.81. The molecule has 156 valence electrons. The van der Waals surface area contributed by atoms with Crippen molar-refractivity contribution in [3.05, 3.63) is 34.7 Å². The third kappa shape index (κ3) is 5.83. The standard InChI is InChI=1S/C18H17ClF3N3O3S/c19-13-4-2-1-3-12(13)14-9-29-16(23-14)24-15(26)11-5-7-25(8-6-11)17(27)28-10-18(20,21)22/h1-4,9,11H,5-8,10H2,(H,23,24,26). The van der Waals surface area contributed by atoms with Crippen LogP contribution in [0.15, 0.2) is 29.6 Å². The fourth-order valence-electron chi connectivity index (χ4n) is 2.89. The first-order valence-electron chi connectivity index (χ1n) is 8.72. The average molecular weight is 448 g/mol. The van der Waals surface area contributed by atoms with Gasteiger partial charge in [0.05, 0.1) is 5.69 Å². The Morgan fingerprint density at radius 3 is 2.62 bits per heavy atom. The number of alkyl halides is 3. The molecule has 1 N–H and O–H groups in total. The molecule has 0 radical (unpaired) electrons. The van der Waals surface area contributed by atoms with Gasteiger partial charge in [0.2, 0.25) is 5.91 Å². The number of piperidine rings is 1. The van der Waals surface area contributed by atoms with Gasteiger partial charge in [-0.05, 0) is 18.9 Å². The van der Waals surface area contributed by atoms with Crippen molar-refractivity contribution in [1.29, 1.82) is 0 Å². The fraction of sp³-hybridized carbons (Fsp3) is 0.389. The van der Waals surface area contributed by atoms with Crippen molar-refractivity contribution in [3.8, 4) is 11.3 Å². The van der Waals surface area contributed by atoms with Crippen LogP contribution in [0.1, 0.15) is 12.8 Å². The number of thiazole rings is 1. The van der Waals surface area contributed by atoms with Crippen LogP contribution in [0.2, 0.25) is 5.02 Å². The van der Waals surface area contributed by atoms with Crippen molar-refractivity contribution in [2.45, 2.75) is 19.0 Å². The molecule has 11 heteroatoms. The van der Waals surface area contributed by atoms with E-state index in [4.69, 9.17) is 11.6 Å². The third-order valence-corrected chi connectivity index (χ3v) is 5.45. The number of nitrogens with zero attached hydrogens (tertiary/aromatic N) is 2. The molecule has 1 aliphatic rings. The molecule has 2 heterocycles. The highest BCUT2D eigenvalue weighted by Crippen LogP contribution is 2.31. The Morgan fingerprint density at radius 1 is 1.28 bits per heavy atom. The van der Waals surface area contributed by atoms with E-state index in [-0.39, 0.29) is 24.9 Å². The van der Waals surface area contributed by atoms with Crippen molar-refractivity contribution in [3.63, 3.8) is 0 Å². The third-order valence-electron chi connectivity index (χ3n) is 4.37. The van der Waals surface area contributed by atoms with Gasteiger partial charge in [0, 0.05) is 35.0 Å². The molecule has 1 aromatic heterocycles. The normalized spacial score (nSPS) is 15.2. The molecule has 0 aliphatic carbocycles. The number of benzene rings is 1. The first-order valence-corrected chi connectivity index (χ1v) is 9.98. The van der Waals surface area contributed by atoms with Crippen LogP contribution < -0.4 is 5.32 Å². The van der Waals surface area contributed by atoms with Gasteiger partial charge < -0.3 is 15.0 Å². The second-order valence-electron chi connectivity index (χ2n) is 6.44. The Labute approximate surface area is 173 Å². The molecule has 0 spiro atoms. The van der Waals surface area contributed by atoms with Crippen LogP contribution in [0.4, 0.5) is 23.1 Å². The summed E-state index contributed by atoms with van der Waals surface area (Å²) in [7, 11) is 0. The number of ether oxygens (including phenoxy) is 1. The van der Waals surface area contributed by atoms with E-state index in [1.165, 1.54) is 16.2 Å². The molecule has 0 saturated carbocycles. The summed E-state index contributed by atoms with van der Waals surface area (Å²) in [4.78, 5) is 29.7. The second-order valence-corrected chi connectivity index (χ2v) is 7.70. The molecular formula is C18H17ClF3N3O3S. The van der Waals surface area contributed by atoms with Gasteiger partial charge in [-0.25, -0.2) is 9.78 Å². The minimum Gasteiger partial charge on any atom is -0.440 e. The predicted molar refractivity (Wildman–Crippen MR) is 103 cm³/mol. The van der Waals surface area contributed by atoms with E-state index >= 15 is 0 Å². The van der Waals surface area contributed by atoms with Crippen LogP contribution in [-0.2, 0) is 9.53 Å². The molecule has 2 aromatic rings. The molecule has 1 aromatic carbocycles. The number of halogens is 4. The van der Waals surface area contributed by atoms with Crippen molar-refractivity contribution >= 4 is 40.1 Å². The SMILES string of the molecule is O=C(Nc1nc(-c2ccccc2Cl)cs1)C1CCN(C(=O)OCC(F)(F)F)CC1. The molecule has 6 nitrogen and oxygen atoms in total. The maximum Gasteiger partial charge on any atom is 0.422 e. The number of rotatable bonds is 4. The first-order chi connectivity index (χ1) is 13.7. The summed E-state index contributed by atoms with van der Waals surface area (Å²) in [6.07, 6.45) is -4.93. The quantitative estimate of drug-likeness (QED) is 0.730. The number of likely N-dealkylation sites (tertiary alicyclic amines) is 1. The lowest BCUT2D eigenvalue weighted by molar-refractivity contribution is -0.162. The monoisotopic (exact) mass is 447 g/mol. The van der Waals surface area contributed by atoms with Crippen LogP contribution in [0.3, 0.4) is 0 Å². The smallest absolute Gasteiger partial charge is 0.422 e. The van der Waals surface area contributed by atoms with Crippen molar-refractivity contribution in [1.82, 2.24) is 9.88 Å². The van der Waals surface area contributed by atoms with E-state index in [1.807, 2.05) is 18.2 Å². The molecule has 0 unspecified atom stereocenters. The first kappa shape index (κ1) is 21.4.